The molecule has 2 nitrogen and oxygen atoms in total. The van der Waals surface area contributed by atoms with Crippen molar-refractivity contribution in [3.63, 3.8) is 0 Å². The molecule has 58 valence electrons. The average Bonchev–Trinajstić information content (AvgIpc) is 1.58. The number of cyclic esters (lactones) is 1. The predicted octanol–water partition coefficient (Wildman–Crippen LogP) is 1.74. The van der Waals surface area contributed by atoms with Gasteiger partial charge < -0.3 is 4.74 Å². The number of ether oxygens (including phenoxy) is 1. The number of carbonyl (C=O) groups excluding carboxylic acids is 1. The smallest absolute Gasteiger partial charge is 0.310 e. The summed E-state index contributed by atoms with van der Waals surface area (Å²) in [7, 11) is 0. The lowest BCUT2D eigenvalue weighted by Gasteiger charge is -2.47. The second-order valence-electron chi connectivity index (χ2n) is 4.13. The molecule has 10 heavy (non-hydrogen) atoms. The highest BCUT2D eigenvalue weighted by molar-refractivity contribution is 5.77. The number of carbonyl (C=O) groups is 1. The maximum absolute atomic E-state index is 10.5. The van der Waals surface area contributed by atoms with Crippen molar-refractivity contribution in [1.82, 2.24) is 0 Å². The maximum Gasteiger partial charge on any atom is 0.310 e. The zero-order valence-electron chi connectivity index (χ0n) is 7.02. The molecule has 1 atom stereocenters. The molecule has 1 aliphatic heterocycles. The number of hydrogen-bond acceptors (Lipinski definition) is 2. The van der Waals surface area contributed by atoms with Crippen molar-refractivity contribution < 1.29 is 9.53 Å². The van der Waals surface area contributed by atoms with Gasteiger partial charge in [0.05, 0.1) is 6.42 Å². The molecule has 0 saturated carbocycles. The Morgan fingerprint density at radius 2 is 1.90 bits per heavy atom. The van der Waals surface area contributed by atoms with Crippen LogP contribution in [-0.4, -0.2) is 11.6 Å². The Morgan fingerprint density at radius 3 is 2.00 bits per heavy atom. The van der Waals surface area contributed by atoms with Gasteiger partial charge in [0.2, 0.25) is 0 Å². The molecule has 0 aromatic carbocycles. The minimum atomic E-state index is -0.218. The third kappa shape index (κ3) is 0.917. The van der Waals surface area contributed by atoms with Crippen LogP contribution in [0.3, 0.4) is 0 Å². The van der Waals surface area contributed by atoms with Crippen LogP contribution in [0.4, 0.5) is 0 Å². The molecule has 0 N–H and O–H groups in total. The van der Waals surface area contributed by atoms with Crippen molar-refractivity contribution >= 4 is 5.97 Å². The Labute approximate surface area is 61.6 Å². The summed E-state index contributed by atoms with van der Waals surface area (Å²) in [4.78, 5) is 10.5. The van der Waals surface area contributed by atoms with Crippen molar-refractivity contribution in [1.29, 1.82) is 0 Å². The van der Waals surface area contributed by atoms with Gasteiger partial charge in [0, 0.05) is 5.41 Å². The summed E-state index contributed by atoms with van der Waals surface area (Å²) < 4.78 is 5.05. The van der Waals surface area contributed by atoms with Crippen LogP contribution in [0, 0.1) is 5.41 Å². The summed E-state index contributed by atoms with van der Waals surface area (Å²) in [5.74, 6) is -0.0718. The van der Waals surface area contributed by atoms with Crippen LogP contribution in [0.15, 0.2) is 0 Å². The van der Waals surface area contributed by atoms with Crippen LogP contribution in [0.25, 0.3) is 0 Å². The quantitative estimate of drug-likeness (QED) is 0.481. The summed E-state index contributed by atoms with van der Waals surface area (Å²) in [5, 5.41) is 0. The molecule has 0 spiro atoms. The fourth-order valence-corrected chi connectivity index (χ4v) is 0.937. The third-order valence-corrected chi connectivity index (χ3v) is 2.41. The van der Waals surface area contributed by atoms with Crippen LogP contribution in [0.2, 0.25) is 0 Å². The molecule has 2 heteroatoms. The fourth-order valence-electron chi connectivity index (χ4n) is 0.937. The molecule has 1 unspecified atom stereocenters. The van der Waals surface area contributed by atoms with E-state index in [1.54, 1.807) is 0 Å². The fraction of sp³-hybridized carbons (Fsp3) is 0.875. The molecular formula is C8H14O2. The van der Waals surface area contributed by atoms with E-state index in [-0.39, 0.29) is 17.0 Å². The zero-order chi connectivity index (χ0) is 7.99. The molecule has 1 fully saturated rings. The van der Waals surface area contributed by atoms with Gasteiger partial charge in [0.1, 0.15) is 5.60 Å². The highest BCUT2D eigenvalue weighted by Crippen LogP contribution is 2.42. The first kappa shape index (κ1) is 7.58. The Kier molecular flexibility index (Phi) is 1.32. The van der Waals surface area contributed by atoms with E-state index in [0.717, 1.165) is 0 Å². The van der Waals surface area contributed by atoms with Crippen molar-refractivity contribution in [2.45, 2.75) is 39.7 Å². The average molecular weight is 142 g/mol. The molecule has 0 amide bonds. The topological polar surface area (TPSA) is 26.3 Å². The molecule has 1 aliphatic rings. The van der Waals surface area contributed by atoms with Crippen molar-refractivity contribution in [3.05, 3.63) is 0 Å². The van der Waals surface area contributed by atoms with Gasteiger partial charge in [0.25, 0.3) is 0 Å². The van der Waals surface area contributed by atoms with E-state index >= 15 is 0 Å². The van der Waals surface area contributed by atoms with Crippen molar-refractivity contribution in [2.24, 2.45) is 5.41 Å². The highest BCUT2D eigenvalue weighted by atomic mass is 16.6. The van der Waals surface area contributed by atoms with Crippen LogP contribution in [0.1, 0.15) is 34.1 Å². The molecule has 0 aliphatic carbocycles. The summed E-state index contributed by atoms with van der Waals surface area (Å²) in [6, 6.07) is 0. The first-order valence-corrected chi connectivity index (χ1v) is 3.57. The molecule has 0 bridgehead atoms. The van der Waals surface area contributed by atoms with Crippen LogP contribution in [-0.2, 0) is 9.53 Å². The SMILES string of the molecule is CC(C)(C)C1(C)CC(=O)O1. The minimum Gasteiger partial charge on any atom is -0.458 e. The van der Waals surface area contributed by atoms with Crippen molar-refractivity contribution in [3.8, 4) is 0 Å². The lowest BCUT2D eigenvalue weighted by Crippen LogP contribution is -2.54. The Balaban J connectivity index is 2.65. The first-order valence-electron chi connectivity index (χ1n) is 3.57. The molecular weight excluding hydrogens is 128 g/mol. The minimum absolute atomic E-state index is 0.0703. The van der Waals surface area contributed by atoms with E-state index in [1.165, 1.54) is 0 Å². The van der Waals surface area contributed by atoms with Gasteiger partial charge in [-0.2, -0.15) is 0 Å². The van der Waals surface area contributed by atoms with E-state index in [2.05, 4.69) is 20.8 Å². The lowest BCUT2D eigenvalue weighted by molar-refractivity contribution is -0.207. The molecule has 1 rings (SSSR count). The van der Waals surface area contributed by atoms with E-state index in [1.807, 2.05) is 6.92 Å². The van der Waals surface area contributed by atoms with E-state index in [9.17, 15) is 4.79 Å². The summed E-state index contributed by atoms with van der Waals surface area (Å²) in [6.45, 7) is 8.23. The molecule has 0 aromatic rings. The number of rotatable bonds is 0. The predicted molar refractivity (Wildman–Crippen MR) is 38.6 cm³/mol. The van der Waals surface area contributed by atoms with Gasteiger partial charge in [-0.25, -0.2) is 0 Å². The monoisotopic (exact) mass is 142 g/mol. The summed E-state index contributed by atoms with van der Waals surface area (Å²) in [6.07, 6.45) is 0.566. The van der Waals surface area contributed by atoms with Gasteiger partial charge in [-0.15, -0.1) is 0 Å². The van der Waals surface area contributed by atoms with E-state index < -0.39 is 0 Å². The summed E-state index contributed by atoms with van der Waals surface area (Å²) in [5.41, 5.74) is -0.148. The van der Waals surface area contributed by atoms with E-state index in [0.29, 0.717) is 6.42 Å². The largest absolute Gasteiger partial charge is 0.458 e. The van der Waals surface area contributed by atoms with Gasteiger partial charge in [-0.3, -0.25) is 4.79 Å². The van der Waals surface area contributed by atoms with Gasteiger partial charge >= 0.3 is 5.97 Å². The van der Waals surface area contributed by atoms with Gasteiger partial charge in [-0.05, 0) is 6.92 Å². The number of hydrogen-bond donors (Lipinski definition) is 0. The van der Waals surface area contributed by atoms with Gasteiger partial charge in [-0.1, -0.05) is 20.8 Å². The van der Waals surface area contributed by atoms with Crippen LogP contribution >= 0.6 is 0 Å². The van der Waals surface area contributed by atoms with Crippen LogP contribution < -0.4 is 0 Å². The van der Waals surface area contributed by atoms with Crippen molar-refractivity contribution in [2.75, 3.05) is 0 Å². The first-order chi connectivity index (χ1) is 4.35. The number of esters is 1. The Bertz CT molecular complexity index is 157. The Morgan fingerprint density at radius 1 is 1.50 bits per heavy atom. The molecule has 1 heterocycles. The maximum atomic E-state index is 10.5. The lowest BCUT2D eigenvalue weighted by atomic mass is 9.73. The van der Waals surface area contributed by atoms with Crippen LogP contribution in [0.5, 0.6) is 0 Å². The molecule has 1 saturated heterocycles. The normalized spacial score (nSPS) is 33.0. The van der Waals surface area contributed by atoms with E-state index in [4.69, 9.17) is 4.74 Å². The van der Waals surface area contributed by atoms with Gasteiger partial charge in [0.15, 0.2) is 0 Å². The highest BCUT2D eigenvalue weighted by Gasteiger charge is 2.50. The second-order valence-corrected chi connectivity index (χ2v) is 4.13. The Hall–Kier alpha value is -0.530. The molecule has 0 aromatic heterocycles. The second kappa shape index (κ2) is 1.74. The molecule has 0 radical (unpaired) electrons. The zero-order valence-corrected chi connectivity index (χ0v) is 7.02. The third-order valence-electron chi connectivity index (χ3n) is 2.41. The standard InChI is InChI=1S/C8H14O2/c1-7(2,3)8(4)5-6(9)10-8/h5H2,1-4H3. The summed E-state index contributed by atoms with van der Waals surface area (Å²) >= 11 is 0.